The number of aromatic nitrogens is 1. The third-order valence-corrected chi connectivity index (χ3v) is 2.33. The smallest absolute Gasteiger partial charge is 0.354 e. The lowest BCUT2D eigenvalue weighted by molar-refractivity contribution is -0.384. The Hall–Kier alpha value is -2.75. The van der Waals surface area contributed by atoms with E-state index in [2.05, 4.69) is 15.6 Å². The number of pyridine rings is 1. The molecule has 0 aliphatic heterocycles. The lowest BCUT2D eigenvalue weighted by Crippen LogP contribution is -2.32. The number of carbonyl (C=O) groups is 2. The van der Waals surface area contributed by atoms with Crippen molar-refractivity contribution in [2.45, 2.75) is 0 Å². The monoisotopic (exact) mass is 298 g/mol. The fourth-order valence-electron chi connectivity index (χ4n) is 1.37. The third kappa shape index (κ3) is 5.03. The first-order valence-electron chi connectivity index (χ1n) is 5.84. The maximum absolute atomic E-state index is 11.4. The number of carbonyl (C=O) groups excluding carboxylic acids is 1. The van der Waals surface area contributed by atoms with Crippen molar-refractivity contribution in [3.63, 3.8) is 0 Å². The molecule has 21 heavy (non-hydrogen) atoms. The average Bonchev–Trinajstić information content (AvgIpc) is 2.44. The van der Waals surface area contributed by atoms with Crippen LogP contribution < -0.4 is 10.6 Å². The second-order valence-corrected chi connectivity index (χ2v) is 3.82. The Kier molecular flexibility index (Phi) is 6.01. The van der Waals surface area contributed by atoms with Gasteiger partial charge in [-0.3, -0.25) is 14.9 Å². The van der Waals surface area contributed by atoms with Gasteiger partial charge in [0, 0.05) is 19.7 Å². The van der Waals surface area contributed by atoms with Crippen LogP contribution in [-0.2, 0) is 9.53 Å². The van der Waals surface area contributed by atoms with Crippen molar-refractivity contribution in [1.82, 2.24) is 10.3 Å². The molecule has 3 N–H and O–H groups in total. The van der Waals surface area contributed by atoms with Crippen molar-refractivity contribution in [2.24, 2.45) is 0 Å². The second kappa shape index (κ2) is 7.75. The van der Waals surface area contributed by atoms with Gasteiger partial charge in [-0.05, 0) is 6.07 Å². The highest BCUT2D eigenvalue weighted by molar-refractivity contribution is 5.87. The zero-order chi connectivity index (χ0) is 15.8. The number of nitrogens with one attached hydrogen (secondary N) is 2. The van der Waals surface area contributed by atoms with E-state index in [1.807, 2.05) is 0 Å². The van der Waals surface area contributed by atoms with Gasteiger partial charge in [-0.25, -0.2) is 9.78 Å². The van der Waals surface area contributed by atoms with Gasteiger partial charge in [0.15, 0.2) is 5.69 Å². The highest BCUT2D eigenvalue weighted by atomic mass is 16.6. The number of hydrogen-bond acceptors (Lipinski definition) is 7. The molecule has 0 atom stereocenters. The number of aromatic carboxylic acids is 1. The minimum absolute atomic E-state index is 0.276. The summed E-state index contributed by atoms with van der Waals surface area (Å²) in [5.41, 5.74) is -0.771. The number of carboxylic acid groups (broad SMARTS) is 1. The predicted molar refractivity (Wildman–Crippen MR) is 71.2 cm³/mol. The third-order valence-electron chi connectivity index (χ3n) is 2.33. The van der Waals surface area contributed by atoms with Crippen LogP contribution in [0.4, 0.5) is 11.5 Å². The molecule has 0 aliphatic carbocycles. The number of methoxy groups -OCH3 is 1. The van der Waals surface area contributed by atoms with E-state index < -0.39 is 22.5 Å². The summed E-state index contributed by atoms with van der Waals surface area (Å²) in [6.45, 7) is 0.348. The molecule has 0 aromatic carbocycles. The van der Waals surface area contributed by atoms with Crippen molar-refractivity contribution in [3.8, 4) is 0 Å². The van der Waals surface area contributed by atoms with Crippen LogP contribution in [-0.4, -0.2) is 53.7 Å². The summed E-state index contributed by atoms with van der Waals surface area (Å²) in [7, 11) is 1.48. The van der Waals surface area contributed by atoms with E-state index in [9.17, 15) is 19.7 Å². The van der Waals surface area contributed by atoms with Crippen LogP contribution in [0.5, 0.6) is 0 Å². The Balaban J connectivity index is 2.75. The van der Waals surface area contributed by atoms with E-state index in [0.29, 0.717) is 13.2 Å². The molecule has 1 aromatic rings. The zero-order valence-electron chi connectivity index (χ0n) is 11.2. The summed E-state index contributed by atoms with van der Waals surface area (Å²) in [6, 6.07) is 2.03. The van der Waals surface area contributed by atoms with Crippen LogP contribution in [0.25, 0.3) is 0 Å². The Morgan fingerprint density at radius 1 is 1.48 bits per heavy atom. The quantitative estimate of drug-likeness (QED) is 0.342. The summed E-state index contributed by atoms with van der Waals surface area (Å²) in [4.78, 5) is 35.9. The fraction of sp³-hybridized carbons (Fsp3) is 0.364. The number of ether oxygens (including phenoxy) is 1. The van der Waals surface area contributed by atoms with Gasteiger partial charge in [-0.2, -0.15) is 0 Å². The molecule has 10 heteroatoms. The van der Waals surface area contributed by atoms with Crippen LogP contribution in [0, 0.1) is 10.1 Å². The molecule has 10 nitrogen and oxygen atoms in total. The van der Waals surface area contributed by atoms with E-state index in [1.54, 1.807) is 0 Å². The van der Waals surface area contributed by atoms with Crippen LogP contribution >= 0.6 is 0 Å². The summed E-state index contributed by atoms with van der Waals surface area (Å²) in [5.74, 6) is -2.02. The molecule has 0 bridgehead atoms. The molecule has 114 valence electrons. The van der Waals surface area contributed by atoms with Gasteiger partial charge in [-0.15, -0.1) is 0 Å². The van der Waals surface area contributed by atoms with Crippen molar-refractivity contribution in [2.75, 3.05) is 32.1 Å². The predicted octanol–water partition coefficient (Wildman–Crippen LogP) is -0.137. The molecular formula is C11H14N4O6. The molecule has 0 unspecified atom stereocenters. The molecule has 1 rings (SSSR count). The SMILES string of the molecule is COCCNC(=O)CNc1nc(C(=O)O)ccc1[N+](=O)[O-]. The minimum atomic E-state index is -1.32. The van der Waals surface area contributed by atoms with E-state index >= 15 is 0 Å². The molecular weight excluding hydrogens is 284 g/mol. The minimum Gasteiger partial charge on any atom is -0.477 e. The topological polar surface area (TPSA) is 144 Å². The van der Waals surface area contributed by atoms with Gasteiger partial charge in [-0.1, -0.05) is 0 Å². The Morgan fingerprint density at radius 2 is 2.19 bits per heavy atom. The van der Waals surface area contributed by atoms with Crippen LogP contribution in [0.15, 0.2) is 12.1 Å². The standard InChI is InChI=1S/C11H14N4O6/c1-21-5-4-12-9(16)6-13-10-8(15(19)20)3-2-7(14-10)11(17)18/h2-3H,4-6H2,1H3,(H,12,16)(H,13,14)(H,17,18). The van der Waals surface area contributed by atoms with Crippen LogP contribution in [0.1, 0.15) is 10.5 Å². The van der Waals surface area contributed by atoms with Gasteiger partial charge in [0.25, 0.3) is 0 Å². The fourth-order valence-corrected chi connectivity index (χ4v) is 1.37. The van der Waals surface area contributed by atoms with E-state index in [-0.39, 0.29) is 18.1 Å². The molecule has 1 aromatic heterocycles. The first-order chi connectivity index (χ1) is 9.95. The molecule has 0 radical (unpaired) electrons. The van der Waals surface area contributed by atoms with Crippen molar-refractivity contribution < 1.29 is 24.4 Å². The van der Waals surface area contributed by atoms with Gasteiger partial charge >= 0.3 is 11.7 Å². The maximum Gasteiger partial charge on any atom is 0.354 e. The van der Waals surface area contributed by atoms with Crippen molar-refractivity contribution >= 4 is 23.4 Å². The molecule has 1 amide bonds. The number of rotatable bonds is 8. The molecule has 0 aliphatic rings. The number of anilines is 1. The molecule has 0 spiro atoms. The van der Waals surface area contributed by atoms with Crippen LogP contribution in [0.2, 0.25) is 0 Å². The maximum atomic E-state index is 11.4. The number of carboxylic acids is 1. The van der Waals surface area contributed by atoms with Gasteiger partial charge in [0.1, 0.15) is 0 Å². The van der Waals surface area contributed by atoms with Crippen LogP contribution in [0.3, 0.4) is 0 Å². The summed E-state index contributed by atoms with van der Waals surface area (Å²) in [6.07, 6.45) is 0. The summed E-state index contributed by atoms with van der Waals surface area (Å²) >= 11 is 0. The second-order valence-electron chi connectivity index (χ2n) is 3.82. The van der Waals surface area contributed by atoms with Gasteiger partial charge < -0.3 is 20.5 Å². The highest BCUT2D eigenvalue weighted by Gasteiger charge is 2.18. The largest absolute Gasteiger partial charge is 0.477 e. The Morgan fingerprint density at radius 3 is 2.76 bits per heavy atom. The first kappa shape index (κ1) is 16.3. The molecule has 0 fully saturated rings. The Labute approximate surface area is 119 Å². The lowest BCUT2D eigenvalue weighted by Gasteiger charge is -2.07. The normalized spacial score (nSPS) is 9.95. The lowest BCUT2D eigenvalue weighted by atomic mass is 10.3. The number of nitro groups is 1. The number of hydrogen-bond donors (Lipinski definition) is 3. The van der Waals surface area contributed by atoms with Gasteiger partial charge in [0.05, 0.1) is 18.1 Å². The number of amides is 1. The molecule has 0 saturated heterocycles. The van der Waals surface area contributed by atoms with Gasteiger partial charge in [0.2, 0.25) is 11.7 Å². The van der Waals surface area contributed by atoms with E-state index in [1.165, 1.54) is 7.11 Å². The summed E-state index contributed by atoms with van der Waals surface area (Å²) in [5, 5.41) is 24.6. The first-order valence-corrected chi connectivity index (χ1v) is 5.84. The number of nitrogens with zero attached hydrogens (tertiary/aromatic N) is 2. The molecule has 0 saturated carbocycles. The van der Waals surface area contributed by atoms with Crippen molar-refractivity contribution in [1.29, 1.82) is 0 Å². The van der Waals surface area contributed by atoms with E-state index in [0.717, 1.165) is 12.1 Å². The molecule has 1 heterocycles. The average molecular weight is 298 g/mol. The Bertz CT molecular complexity index is 548. The highest BCUT2D eigenvalue weighted by Crippen LogP contribution is 2.21. The summed E-state index contributed by atoms with van der Waals surface area (Å²) < 4.78 is 4.75. The van der Waals surface area contributed by atoms with E-state index in [4.69, 9.17) is 9.84 Å². The van der Waals surface area contributed by atoms with Crippen molar-refractivity contribution in [3.05, 3.63) is 27.9 Å². The zero-order valence-corrected chi connectivity index (χ0v) is 11.2.